The van der Waals surface area contributed by atoms with Crippen LogP contribution < -0.4 is 10.1 Å². The molecule has 1 N–H and O–H groups in total. The van der Waals surface area contributed by atoms with Crippen molar-refractivity contribution in [3.05, 3.63) is 29.8 Å². The molecule has 1 aromatic carbocycles. The highest BCUT2D eigenvalue weighted by atomic mass is 16.5. The summed E-state index contributed by atoms with van der Waals surface area (Å²) in [6.07, 6.45) is 4.96. The molecule has 0 bridgehead atoms. The number of likely N-dealkylation sites (tertiary alicyclic amines) is 1. The summed E-state index contributed by atoms with van der Waals surface area (Å²) in [6.45, 7) is 5.29. The van der Waals surface area contributed by atoms with Crippen LogP contribution in [0.1, 0.15) is 43.0 Å². The molecule has 4 nitrogen and oxygen atoms in total. The van der Waals surface area contributed by atoms with Crippen molar-refractivity contribution in [2.45, 2.75) is 38.6 Å². The predicted molar refractivity (Wildman–Crippen MR) is 84.8 cm³/mol. The molecular formula is C17H26N2O2. The van der Waals surface area contributed by atoms with Crippen LogP contribution in [0.3, 0.4) is 0 Å². The van der Waals surface area contributed by atoms with Crippen LogP contribution in [0.25, 0.3) is 0 Å². The minimum Gasteiger partial charge on any atom is -0.497 e. The van der Waals surface area contributed by atoms with E-state index < -0.39 is 0 Å². The molecule has 1 fully saturated rings. The van der Waals surface area contributed by atoms with Gasteiger partial charge in [-0.25, -0.2) is 0 Å². The molecule has 4 heteroatoms. The molecule has 0 spiro atoms. The van der Waals surface area contributed by atoms with Gasteiger partial charge in [-0.15, -0.1) is 0 Å². The van der Waals surface area contributed by atoms with Crippen molar-refractivity contribution >= 4 is 5.91 Å². The quantitative estimate of drug-likeness (QED) is 0.819. The van der Waals surface area contributed by atoms with Gasteiger partial charge in [0, 0.05) is 24.7 Å². The van der Waals surface area contributed by atoms with Gasteiger partial charge in [-0.05, 0) is 50.9 Å². The van der Waals surface area contributed by atoms with Crippen molar-refractivity contribution in [1.82, 2.24) is 10.2 Å². The van der Waals surface area contributed by atoms with E-state index in [1.54, 1.807) is 13.2 Å². The molecule has 1 aliphatic rings. The number of carbonyl (C=O) groups excluding carboxylic acids is 1. The molecule has 21 heavy (non-hydrogen) atoms. The number of amides is 1. The van der Waals surface area contributed by atoms with E-state index in [9.17, 15) is 4.79 Å². The Morgan fingerprint density at radius 2 is 2.29 bits per heavy atom. The van der Waals surface area contributed by atoms with Gasteiger partial charge in [0.1, 0.15) is 5.75 Å². The summed E-state index contributed by atoms with van der Waals surface area (Å²) in [5.74, 6) is 0.686. The monoisotopic (exact) mass is 290 g/mol. The minimum atomic E-state index is -0.0272. The maximum Gasteiger partial charge on any atom is 0.251 e. The standard InChI is InChI=1S/C17H26N2O2/c1-14-7-3-4-11-19(14)12-6-10-18-17(20)15-8-5-9-16(13-15)21-2/h5,8-9,13-14H,3-4,6-7,10-12H2,1-2H3,(H,18,20). The molecule has 0 saturated carbocycles. The average molecular weight is 290 g/mol. The van der Waals surface area contributed by atoms with E-state index in [-0.39, 0.29) is 5.91 Å². The van der Waals surface area contributed by atoms with Crippen LogP contribution in [0.2, 0.25) is 0 Å². The first-order chi connectivity index (χ1) is 10.2. The van der Waals surface area contributed by atoms with Crippen LogP contribution in [0.5, 0.6) is 5.75 Å². The van der Waals surface area contributed by atoms with Crippen molar-refractivity contribution in [2.24, 2.45) is 0 Å². The van der Waals surface area contributed by atoms with E-state index in [2.05, 4.69) is 17.1 Å². The number of nitrogens with zero attached hydrogens (tertiary/aromatic N) is 1. The zero-order valence-corrected chi connectivity index (χ0v) is 13.1. The number of nitrogens with one attached hydrogen (secondary N) is 1. The van der Waals surface area contributed by atoms with Gasteiger partial charge in [-0.2, -0.15) is 0 Å². The highest BCUT2D eigenvalue weighted by Gasteiger charge is 2.17. The fraction of sp³-hybridized carbons (Fsp3) is 0.588. The second-order valence-electron chi connectivity index (χ2n) is 5.72. The molecule has 1 unspecified atom stereocenters. The lowest BCUT2D eigenvalue weighted by Crippen LogP contribution is -2.39. The Hall–Kier alpha value is -1.55. The Labute approximate surface area is 127 Å². The van der Waals surface area contributed by atoms with Gasteiger partial charge in [0.15, 0.2) is 0 Å². The van der Waals surface area contributed by atoms with Crippen LogP contribution in [0.4, 0.5) is 0 Å². The highest BCUT2D eigenvalue weighted by molar-refractivity contribution is 5.94. The van der Waals surface area contributed by atoms with Gasteiger partial charge in [0.2, 0.25) is 0 Å². The lowest BCUT2D eigenvalue weighted by Gasteiger charge is -2.33. The molecule has 2 rings (SSSR count). The Morgan fingerprint density at radius 1 is 1.43 bits per heavy atom. The third-order valence-electron chi connectivity index (χ3n) is 4.18. The van der Waals surface area contributed by atoms with Crippen LogP contribution in [-0.4, -0.2) is 43.6 Å². The Bertz CT molecular complexity index is 462. The molecule has 0 aliphatic carbocycles. The SMILES string of the molecule is COc1cccc(C(=O)NCCCN2CCCCC2C)c1. The number of benzene rings is 1. The van der Waals surface area contributed by atoms with Gasteiger partial charge in [-0.1, -0.05) is 12.5 Å². The number of hydrogen-bond acceptors (Lipinski definition) is 3. The van der Waals surface area contributed by atoms with E-state index in [1.165, 1.54) is 25.8 Å². The zero-order valence-electron chi connectivity index (χ0n) is 13.1. The van der Waals surface area contributed by atoms with Gasteiger partial charge in [0.05, 0.1) is 7.11 Å². The molecule has 1 amide bonds. The third-order valence-corrected chi connectivity index (χ3v) is 4.18. The summed E-state index contributed by atoms with van der Waals surface area (Å²) < 4.78 is 5.14. The number of ether oxygens (including phenoxy) is 1. The summed E-state index contributed by atoms with van der Waals surface area (Å²) in [5.41, 5.74) is 0.653. The van der Waals surface area contributed by atoms with Crippen molar-refractivity contribution < 1.29 is 9.53 Å². The van der Waals surface area contributed by atoms with Crippen molar-refractivity contribution in [3.63, 3.8) is 0 Å². The lowest BCUT2D eigenvalue weighted by atomic mass is 10.0. The number of carbonyl (C=O) groups is 1. The topological polar surface area (TPSA) is 41.6 Å². The maximum absolute atomic E-state index is 12.0. The smallest absolute Gasteiger partial charge is 0.251 e. The van der Waals surface area contributed by atoms with E-state index in [0.29, 0.717) is 17.4 Å². The fourth-order valence-electron chi connectivity index (χ4n) is 2.84. The molecular weight excluding hydrogens is 264 g/mol. The Morgan fingerprint density at radius 3 is 3.05 bits per heavy atom. The molecule has 0 aromatic heterocycles. The molecule has 116 valence electrons. The van der Waals surface area contributed by atoms with Crippen LogP contribution in [0, 0.1) is 0 Å². The normalized spacial score (nSPS) is 19.2. The highest BCUT2D eigenvalue weighted by Crippen LogP contribution is 2.16. The second-order valence-corrected chi connectivity index (χ2v) is 5.72. The molecule has 1 atom stereocenters. The summed E-state index contributed by atoms with van der Waals surface area (Å²) in [4.78, 5) is 14.6. The van der Waals surface area contributed by atoms with E-state index in [4.69, 9.17) is 4.74 Å². The molecule has 1 heterocycles. The largest absolute Gasteiger partial charge is 0.497 e. The Balaban J connectivity index is 1.71. The average Bonchev–Trinajstić information content (AvgIpc) is 2.53. The van der Waals surface area contributed by atoms with Crippen LogP contribution in [0.15, 0.2) is 24.3 Å². The van der Waals surface area contributed by atoms with Gasteiger partial charge < -0.3 is 15.0 Å². The van der Waals surface area contributed by atoms with Crippen LogP contribution >= 0.6 is 0 Å². The molecule has 1 aliphatic heterocycles. The third kappa shape index (κ3) is 4.74. The van der Waals surface area contributed by atoms with Gasteiger partial charge >= 0.3 is 0 Å². The van der Waals surface area contributed by atoms with Gasteiger partial charge in [-0.3, -0.25) is 4.79 Å². The first-order valence-corrected chi connectivity index (χ1v) is 7.87. The first kappa shape index (κ1) is 15.8. The molecule has 1 saturated heterocycles. The number of methoxy groups -OCH3 is 1. The minimum absolute atomic E-state index is 0.0272. The summed E-state index contributed by atoms with van der Waals surface area (Å²) in [6, 6.07) is 7.94. The van der Waals surface area contributed by atoms with Crippen LogP contribution in [-0.2, 0) is 0 Å². The molecule has 1 aromatic rings. The summed E-state index contributed by atoms with van der Waals surface area (Å²) in [7, 11) is 1.61. The van der Waals surface area contributed by atoms with Crippen molar-refractivity contribution in [2.75, 3.05) is 26.7 Å². The first-order valence-electron chi connectivity index (χ1n) is 7.87. The van der Waals surface area contributed by atoms with Crippen molar-refractivity contribution in [1.29, 1.82) is 0 Å². The van der Waals surface area contributed by atoms with Gasteiger partial charge in [0.25, 0.3) is 5.91 Å². The zero-order chi connectivity index (χ0) is 15.1. The van der Waals surface area contributed by atoms with E-state index >= 15 is 0 Å². The lowest BCUT2D eigenvalue weighted by molar-refractivity contribution is 0.0948. The Kier molecular flexibility index (Phi) is 6.05. The number of hydrogen-bond donors (Lipinski definition) is 1. The van der Waals surface area contributed by atoms with Crippen molar-refractivity contribution in [3.8, 4) is 5.75 Å². The fourth-order valence-corrected chi connectivity index (χ4v) is 2.84. The number of rotatable bonds is 6. The van der Waals surface area contributed by atoms with E-state index in [1.807, 2.05) is 18.2 Å². The summed E-state index contributed by atoms with van der Waals surface area (Å²) in [5, 5.41) is 2.98. The molecule has 0 radical (unpaired) electrons. The maximum atomic E-state index is 12.0. The second kappa shape index (κ2) is 8.03. The summed E-state index contributed by atoms with van der Waals surface area (Å²) >= 11 is 0. The predicted octanol–water partition coefficient (Wildman–Crippen LogP) is 2.69. The van der Waals surface area contributed by atoms with E-state index in [0.717, 1.165) is 19.5 Å². The number of piperidine rings is 1.